The molecular weight excluding hydrogens is 295 g/mol. The normalized spacial score (nSPS) is 11.0. The Balaban J connectivity index is 1.84. The molecular formula is C18H13FN2O2. The number of nitrogens with one attached hydrogen (secondary N) is 1. The topological polar surface area (TPSA) is 61.7 Å². The lowest BCUT2D eigenvalue weighted by molar-refractivity contribution is 0.0954. The zero-order chi connectivity index (χ0) is 16.2. The summed E-state index contributed by atoms with van der Waals surface area (Å²) >= 11 is 0. The maximum atomic E-state index is 13.1. The van der Waals surface area contributed by atoms with Crippen LogP contribution in [0.5, 0.6) is 5.75 Å². The summed E-state index contributed by atoms with van der Waals surface area (Å²) in [5, 5.41) is 15.6. The molecule has 0 saturated heterocycles. The van der Waals surface area contributed by atoms with Gasteiger partial charge in [0.05, 0.1) is 6.21 Å². The Morgan fingerprint density at radius 1 is 1.09 bits per heavy atom. The van der Waals surface area contributed by atoms with Crippen molar-refractivity contribution in [2.75, 3.05) is 0 Å². The molecule has 5 heteroatoms. The number of aromatic hydroxyl groups is 1. The van der Waals surface area contributed by atoms with Gasteiger partial charge in [0.2, 0.25) is 0 Å². The Hall–Kier alpha value is -3.21. The van der Waals surface area contributed by atoms with E-state index in [1.54, 1.807) is 12.1 Å². The van der Waals surface area contributed by atoms with E-state index in [9.17, 15) is 14.3 Å². The quantitative estimate of drug-likeness (QED) is 0.575. The highest BCUT2D eigenvalue weighted by molar-refractivity contribution is 6.03. The van der Waals surface area contributed by atoms with Crippen LogP contribution in [0.25, 0.3) is 10.8 Å². The first kappa shape index (κ1) is 14.7. The molecule has 0 aliphatic carbocycles. The molecule has 0 bridgehead atoms. The molecule has 0 fully saturated rings. The largest absolute Gasteiger partial charge is 0.507 e. The van der Waals surface area contributed by atoms with E-state index in [-0.39, 0.29) is 11.3 Å². The predicted octanol–water partition coefficient (Wildman–Crippen LogP) is 3.45. The third-order valence-electron chi connectivity index (χ3n) is 3.39. The van der Waals surface area contributed by atoms with Crippen LogP contribution in [0.4, 0.5) is 4.39 Å². The molecule has 0 saturated carbocycles. The first-order chi connectivity index (χ1) is 11.1. The molecule has 0 heterocycles. The summed E-state index contributed by atoms with van der Waals surface area (Å²) < 4.78 is 13.1. The van der Waals surface area contributed by atoms with Crippen LogP contribution in [0.3, 0.4) is 0 Å². The fourth-order valence-corrected chi connectivity index (χ4v) is 2.27. The lowest BCUT2D eigenvalue weighted by Gasteiger charge is -2.05. The van der Waals surface area contributed by atoms with E-state index in [1.807, 2.05) is 24.3 Å². The Labute approximate surface area is 131 Å². The van der Waals surface area contributed by atoms with Crippen molar-refractivity contribution in [2.24, 2.45) is 5.10 Å². The molecule has 0 aliphatic rings. The smallest absolute Gasteiger partial charge is 0.271 e. The van der Waals surface area contributed by atoms with Gasteiger partial charge >= 0.3 is 0 Å². The number of carbonyl (C=O) groups is 1. The fourth-order valence-electron chi connectivity index (χ4n) is 2.27. The molecule has 0 spiro atoms. The van der Waals surface area contributed by atoms with Gasteiger partial charge in [-0.15, -0.1) is 0 Å². The number of hydrogen-bond donors (Lipinski definition) is 2. The molecule has 0 unspecified atom stereocenters. The average Bonchev–Trinajstić information content (AvgIpc) is 2.56. The van der Waals surface area contributed by atoms with Gasteiger partial charge in [0.25, 0.3) is 5.91 Å². The van der Waals surface area contributed by atoms with Gasteiger partial charge in [0, 0.05) is 11.1 Å². The first-order valence-electron chi connectivity index (χ1n) is 6.95. The van der Waals surface area contributed by atoms with E-state index in [2.05, 4.69) is 10.5 Å². The summed E-state index contributed by atoms with van der Waals surface area (Å²) in [5.41, 5.74) is 2.99. The van der Waals surface area contributed by atoms with Crippen molar-refractivity contribution < 1.29 is 14.3 Å². The van der Waals surface area contributed by atoms with Gasteiger partial charge in [-0.05, 0) is 35.0 Å². The molecule has 0 atom stereocenters. The third kappa shape index (κ3) is 3.18. The molecule has 23 heavy (non-hydrogen) atoms. The highest BCUT2D eigenvalue weighted by atomic mass is 19.1. The van der Waals surface area contributed by atoms with E-state index in [4.69, 9.17) is 0 Å². The van der Waals surface area contributed by atoms with Gasteiger partial charge in [-0.3, -0.25) is 4.79 Å². The van der Waals surface area contributed by atoms with E-state index in [1.165, 1.54) is 24.4 Å². The summed E-state index contributed by atoms with van der Waals surface area (Å²) in [5.74, 6) is -0.957. The monoisotopic (exact) mass is 308 g/mol. The fraction of sp³-hybridized carbons (Fsp3) is 0. The number of hydrogen-bond acceptors (Lipinski definition) is 3. The molecule has 3 aromatic carbocycles. The molecule has 1 amide bonds. The van der Waals surface area contributed by atoms with Crippen molar-refractivity contribution in [3.8, 4) is 5.75 Å². The van der Waals surface area contributed by atoms with Crippen LogP contribution in [0, 0.1) is 5.82 Å². The van der Waals surface area contributed by atoms with Crippen molar-refractivity contribution in [1.29, 1.82) is 0 Å². The third-order valence-corrected chi connectivity index (χ3v) is 3.39. The number of benzene rings is 3. The van der Waals surface area contributed by atoms with Gasteiger partial charge < -0.3 is 5.11 Å². The molecule has 114 valence electrons. The maximum Gasteiger partial charge on any atom is 0.271 e. The number of rotatable bonds is 3. The van der Waals surface area contributed by atoms with Gasteiger partial charge in [-0.25, -0.2) is 9.82 Å². The second-order valence-corrected chi connectivity index (χ2v) is 4.93. The van der Waals surface area contributed by atoms with Gasteiger partial charge in [-0.1, -0.05) is 36.4 Å². The molecule has 4 nitrogen and oxygen atoms in total. The lowest BCUT2D eigenvalue weighted by atomic mass is 10.0. The Bertz CT molecular complexity index is 906. The minimum atomic E-state index is -0.527. The van der Waals surface area contributed by atoms with Crippen molar-refractivity contribution in [2.45, 2.75) is 0 Å². The van der Waals surface area contributed by atoms with Crippen molar-refractivity contribution in [3.63, 3.8) is 0 Å². The molecule has 0 aliphatic heterocycles. The second kappa shape index (κ2) is 6.27. The van der Waals surface area contributed by atoms with Crippen LogP contribution in [-0.2, 0) is 0 Å². The van der Waals surface area contributed by atoms with Crippen LogP contribution in [0.15, 0.2) is 65.8 Å². The number of phenolic OH excluding ortho intramolecular Hbond substituents is 1. The lowest BCUT2D eigenvalue weighted by Crippen LogP contribution is -2.17. The zero-order valence-electron chi connectivity index (χ0n) is 12.0. The number of amides is 1. The summed E-state index contributed by atoms with van der Waals surface area (Å²) in [6.07, 6.45) is 1.37. The van der Waals surface area contributed by atoms with Gasteiger partial charge in [0.15, 0.2) is 0 Å². The number of nitrogens with zero attached hydrogens (tertiary/aromatic N) is 1. The highest BCUT2D eigenvalue weighted by Gasteiger charge is 2.06. The molecule has 0 aromatic heterocycles. The molecule has 3 rings (SSSR count). The zero-order valence-corrected chi connectivity index (χ0v) is 12.0. The average molecular weight is 308 g/mol. The summed E-state index contributed by atoms with van der Waals surface area (Å²) in [4.78, 5) is 11.9. The minimum absolute atomic E-state index is 0.0625. The second-order valence-electron chi connectivity index (χ2n) is 4.93. The van der Waals surface area contributed by atoms with Crippen molar-refractivity contribution in [1.82, 2.24) is 5.43 Å². The van der Waals surface area contributed by atoms with Crippen LogP contribution in [0.1, 0.15) is 15.9 Å². The van der Waals surface area contributed by atoms with Crippen molar-refractivity contribution >= 4 is 22.9 Å². The van der Waals surface area contributed by atoms with E-state index in [0.29, 0.717) is 5.56 Å². The van der Waals surface area contributed by atoms with E-state index < -0.39 is 11.7 Å². The molecule has 2 N–H and O–H groups in total. The summed E-state index contributed by atoms with van der Waals surface area (Å²) in [6, 6.07) is 16.2. The summed E-state index contributed by atoms with van der Waals surface area (Å²) in [6.45, 7) is 0. The van der Waals surface area contributed by atoms with Crippen LogP contribution < -0.4 is 5.43 Å². The first-order valence-corrected chi connectivity index (χ1v) is 6.95. The number of hydrazone groups is 1. The van der Waals surface area contributed by atoms with Crippen LogP contribution >= 0.6 is 0 Å². The number of halogens is 1. The number of phenols is 1. The standard InChI is InChI=1S/C18H13FN2O2/c19-14-6-3-5-13(10-14)18(23)21-20-11-16-15-7-2-1-4-12(15)8-9-17(16)22/h1-11,22H,(H,21,23)/b20-11+. The Kier molecular flexibility index (Phi) is 4.01. The summed E-state index contributed by atoms with van der Waals surface area (Å²) in [7, 11) is 0. The van der Waals surface area contributed by atoms with Crippen LogP contribution in [-0.4, -0.2) is 17.2 Å². The Morgan fingerprint density at radius 2 is 1.91 bits per heavy atom. The van der Waals surface area contributed by atoms with Gasteiger partial charge in [-0.2, -0.15) is 5.10 Å². The molecule has 3 aromatic rings. The maximum absolute atomic E-state index is 13.1. The van der Waals surface area contributed by atoms with Gasteiger partial charge in [0.1, 0.15) is 11.6 Å². The van der Waals surface area contributed by atoms with E-state index in [0.717, 1.165) is 16.8 Å². The van der Waals surface area contributed by atoms with E-state index >= 15 is 0 Å². The Morgan fingerprint density at radius 3 is 2.74 bits per heavy atom. The van der Waals surface area contributed by atoms with Crippen LogP contribution in [0.2, 0.25) is 0 Å². The number of fused-ring (bicyclic) bond motifs is 1. The van der Waals surface area contributed by atoms with Crippen molar-refractivity contribution in [3.05, 3.63) is 77.6 Å². The molecule has 0 radical (unpaired) electrons. The minimum Gasteiger partial charge on any atom is -0.507 e. The number of carbonyl (C=O) groups excluding carboxylic acids is 1. The highest BCUT2D eigenvalue weighted by Crippen LogP contribution is 2.25. The predicted molar refractivity (Wildman–Crippen MR) is 87.1 cm³/mol. The SMILES string of the molecule is O=C(N/N=C/c1c(O)ccc2ccccc12)c1cccc(F)c1.